The number of hydrogen-bond acceptors (Lipinski definition) is 4. The lowest BCUT2D eigenvalue weighted by Crippen LogP contribution is -2.45. The Hall–Kier alpha value is -1.15. The quantitative estimate of drug-likeness (QED) is 0.618. The molecule has 0 radical (unpaired) electrons. The number of benzene rings is 1. The smallest absolute Gasteiger partial charge is 0.240 e. The Bertz CT molecular complexity index is 770. The lowest BCUT2D eigenvalue weighted by Gasteiger charge is -2.31. The molecule has 2 unspecified atom stereocenters. The van der Waals surface area contributed by atoms with Gasteiger partial charge in [0.15, 0.2) is 0 Å². The second-order valence-corrected chi connectivity index (χ2v) is 9.51. The fourth-order valence-corrected chi connectivity index (χ4v) is 5.30. The highest BCUT2D eigenvalue weighted by molar-refractivity contribution is 7.89. The summed E-state index contributed by atoms with van der Waals surface area (Å²) in [6.07, 6.45) is 8.63. The van der Waals surface area contributed by atoms with Gasteiger partial charge in [-0.05, 0) is 74.2 Å². The fourth-order valence-electron chi connectivity index (χ4n) is 4.22. The summed E-state index contributed by atoms with van der Waals surface area (Å²) in [6.45, 7) is 0.682. The molecule has 6 nitrogen and oxygen atoms in total. The van der Waals surface area contributed by atoms with E-state index in [2.05, 4.69) is 10.0 Å². The van der Waals surface area contributed by atoms with Crippen molar-refractivity contribution in [2.24, 2.45) is 11.7 Å². The summed E-state index contributed by atoms with van der Waals surface area (Å²) in [5.74, 6) is 0.211. The SMILES string of the molecule is Cl.NCC1CCCCC1NC(=O)CCNS(=O)(=O)c1ccc2c(c1)CCCC2. The number of fused-ring (bicyclic) bond motifs is 1. The number of amides is 1. The van der Waals surface area contributed by atoms with Crippen LogP contribution >= 0.6 is 12.4 Å². The van der Waals surface area contributed by atoms with Gasteiger partial charge >= 0.3 is 0 Å². The average Bonchev–Trinajstić information content (AvgIpc) is 2.68. The third kappa shape index (κ3) is 5.92. The van der Waals surface area contributed by atoms with Crippen molar-refractivity contribution in [3.63, 3.8) is 0 Å². The standard InChI is InChI=1S/C20H31N3O3S.ClH/c21-14-17-7-3-4-8-19(17)23-20(24)11-12-22-27(25,26)18-10-9-15-5-1-2-6-16(15)13-18;/h9-10,13,17,19,22H,1-8,11-12,14,21H2,(H,23,24);1H. The Morgan fingerprint density at radius 1 is 1.07 bits per heavy atom. The van der Waals surface area contributed by atoms with Gasteiger partial charge in [-0.15, -0.1) is 12.4 Å². The van der Waals surface area contributed by atoms with Crippen LogP contribution < -0.4 is 15.8 Å². The van der Waals surface area contributed by atoms with Crippen LogP contribution in [0.25, 0.3) is 0 Å². The summed E-state index contributed by atoms with van der Waals surface area (Å²) in [7, 11) is -3.59. The molecule has 1 aromatic rings. The molecular weight excluding hydrogens is 398 g/mol. The zero-order chi connectivity index (χ0) is 19.3. The summed E-state index contributed by atoms with van der Waals surface area (Å²) < 4.78 is 27.6. The zero-order valence-electron chi connectivity index (χ0n) is 16.3. The predicted molar refractivity (Wildman–Crippen MR) is 113 cm³/mol. The first-order chi connectivity index (χ1) is 13.0. The van der Waals surface area contributed by atoms with Crippen molar-refractivity contribution in [1.82, 2.24) is 10.0 Å². The average molecular weight is 430 g/mol. The molecule has 1 saturated carbocycles. The normalized spacial score (nSPS) is 22.0. The van der Waals surface area contributed by atoms with E-state index >= 15 is 0 Å². The Morgan fingerprint density at radius 2 is 1.79 bits per heavy atom. The van der Waals surface area contributed by atoms with Gasteiger partial charge in [-0.25, -0.2) is 13.1 Å². The van der Waals surface area contributed by atoms with Gasteiger partial charge in [0.1, 0.15) is 0 Å². The van der Waals surface area contributed by atoms with E-state index in [1.54, 1.807) is 12.1 Å². The van der Waals surface area contributed by atoms with Crippen LogP contribution in [-0.4, -0.2) is 33.5 Å². The minimum Gasteiger partial charge on any atom is -0.353 e. The van der Waals surface area contributed by atoms with E-state index in [-0.39, 0.29) is 37.3 Å². The highest BCUT2D eigenvalue weighted by Gasteiger charge is 2.25. The monoisotopic (exact) mass is 429 g/mol. The first kappa shape index (κ1) is 23.1. The number of halogens is 1. The third-order valence-corrected chi connectivity index (χ3v) is 7.29. The third-order valence-electron chi connectivity index (χ3n) is 5.83. The van der Waals surface area contributed by atoms with Crippen molar-refractivity contribution >= 4 is 28.3 Å². The summed E-state index contributed by atoms with van der Waals surface area (Å²) in [6, 6.07) is 5.49. The minimum atomic E-state index is -3.59. The molecule has 0 spiro atoms. The molecule has 1 aromatic carbocycles. The van der Waals surface area contributed by atoms with Crippen molar-refractivity contribution < 1.29 is 13.2 Å². The maximum absolute atomic E-state index is 12.5. The number of rotatable bonds is 7. The maximum Gasteiger partial charge on any atom is 0.240 e. The van der Waals surface area contributed by atoms with Crippen LogP contribution in [0.5, 0.6) is 0 Å². The number of nitrogens with two attached hydrogens (primary N) is 1. The molecule has 0 aromatic heterocycles. The number of carbonyl (C=O) groups excluding carboxylic acids is 1. The molecule has 4 N–H and O–H groups in total. The predicted octanol–water partition coefficient (Wildman–Crippen LogP) is 2.29. The van der Waals surface area contributed by atoms with Crippen LogP contribution in [0.1, 0.15) is 56.1 Å². The molecule has 0 saturated heterocycles. The van der Waals surface area contributed by atoms with Gasteiger partial charge in [-0.2, -0.15) is 0 Å². The van der Waals surface area contributed by atoms with Gasteiger partial charge in [-0.3, -0.25) is 4.79 Å². The van der Waals surface area contributed by atoms with E-state index < -0.39 is 10.0 Å². The minimum absolute atomic E-state index is 0. The van der Waals surface area contributed by atoms with Crippen molar-refractivity contribution in [2.45, 2.75) is 68.7 Å². The Kier molecular flexibility index (Phi) is 8.74. The topological polar surface area (TPSA) is 101 Å². The van der Waals surface area contributed by atoms with E-state index in [1.807, 2.05) is 6.07 Å². The number of nitrogens with one attached hydrogen (secondary N) is 2. The molecule has 2 atom stereocenters. The van der Waals surface area contributed by atoms with Gasteiger partial charge in [0.25, 0.3) is 0 Å². The molecule has 8 heteroatoms. The van der Waals surface area contributed by atoms with Crippen molar-refractivity contribution in [2.75, 3.05) is 13.1 Å². The van der Waals surface area contributed by atoms with Gasteiger partial charge in [0.2, 0.25) is 15.9 Å². The Balaban J connectivity index is 0.00000280. The van der Waals surface area contributed by atoms with Crippen molar-refractivity contribution in [1.29, 1.82) is 0 Å². The summed E-state index contributed by atoms with van der Waals surface area (Å²) in [5.41, 5.74) is 8.18. The summed E-state index contributed by atoms with van der Waals surface area (Å²) >= 11 is 0. The highest BCUT2D eigenvalue weighted by atomic mass is 35.5. The fraction of sp³-hybridized carbons (Fsp3) is 0.650. The van der Waals surface area contributed by atoms with Crippen molar-refractivity contribution in [3.8, 4) is 0 Å². The van der Waals surface area contributed by atoms with Crippen LogP contribution in [0.2, 0.25) is 0 Å². The van der Waals surface area contributed by atoms with Gasteiger partial charge in [0, 0.05) is 19.0 Å². The van der Waals surface area contributed by atoms with Gasteiger partial charge in [-0.1, -0.05) is 18.9 Å². The Morgan fingerprint density at radius 3 is 2.54 bits per heavy atom. The molecule has 2 aliphatic rings. The van der Waals surface area contributed by atoms with Crippen LogP contribution in [0.15, 0.2) is 23.1 Å². The molecule has 1 amide bonds. The second kappa shape index (κ2) is 10.6. The zero-order valence-corrected chi connectivity index (χ0v) is 17.9. The first-order valence-electron chi connectivity index (χ1n) is 10.1. The van der Waals surface area contributed by atoms with Crippen LogP contribution in [0, 0.1) is 5.92 Å². The van der Waals surface area contributed by atoms with Crippen LogP contribution in [-0.2, 0) is 27.7 Å². The summed E-state index contributed by atoms with van der Waals surface area (Å²) in [4.78, 5) is 12.5. The maximum atomic E-state index is 12.5. The molecule has 0 bridgehead atoms. The second-order valence-electron chi connectivity index (χ2n) is 7.74. The number of sulfonamides is 1. The Labute approximate surface area is 174 Å². The van der Waals surface area contributed by atoms with E-state index in [9.17, 15) is 13.2 Å². The molecule has 158 valence electrons. The summed E-state index contributed by atoms with van der Waals surface area (Å²) in [5, 5.41) is 3.03. The van der Waals surface area contributed by atoms with E-state index in [0.717, 1.165) is 50.5 Å². The van der Waals surface area contributed by atoms with Crippen LogP contribution in [0.4, 0.5) is 0 Å². The lowest BCUT2D eigenvalue weighted by molar-refractivity contribution is -0.122. The lowest BCUT2D eigenvalue weighted by atomic mass is 9.84. The van der Waals surface area contributed by atoms with E-state index in [1.165, 1.54) is 12.0 Å². The number of aryl methyl sites for hydroxylation is 2. The molecule has 0 heterocycles. The highest BCUT2D eigenvalue weighted by Crippen LogP contribution is 2.24. The molecule has 1 fully saturated rings. The largest absolute Gasteiger partial charge is 0.353 e. The first-order valence-corrected chi connectivity index (χ1v) is 11.6. The van der Waals surface area contributed by atoms with Crippen LogP contribution in [0.3, 0.4) is 0 Å². The number of hydrogen-bond donors (Lipinski definition) is 3. The van der Waals surface area contributed by atoms with Crippen molar-refractivity contribution in [3.05, 3.63) is 29.3 Å². The molecule has 3 rings (SSSR count). The molecule has 0 aliphatic heterocycles. The molecule has 2 aliphatic carbocycles. The van der Waals surface area contributed by atoms with E-state index in [4.69, 9.17) is 5.73 Å². The van der Waals surface area contributed by atoms with Gasteiger partial charge in [0.05, 0.1) is 4.90 Å². The van der Waals surface area contributed by atoms with E-state index in [0.29, 0.717) is 17.4 Å². The number of carbonyl (C=O) groups is 1. The van der Waals surface area contributed by atoms with Gasteiger partial charge < -0.3 is 11.1 Å². The molecular formula is C20H32ClN3O3S. The molecule has 28 heavy (non-hydrogen) atoms.